The van der Waals surface area contributed by atoms with Crippen molar-refractivity contribution in [3.63, 3.8) is 0 Å². The molecule has 0 amide bonds. The van der Waals surface area contributed by atoms with Gasteiger partial charge in [-0.3, -0.25) is 0 Å². The van der Waals surface area contributed by atoms with Gasteiger partial charge in [0.05, 0.1) is 12.7 Å². The standard InChI is InChI=1S/C14H20O2/c1-2-13(15)12-8-3-4-9-14(12)16-10-11-6-5-7-11/h3-4,8-9,11,13,15H,2,5-7,10H2,1H3/t13-/m1/s1. The van der Waals surface area contributed by atoms with E-state index < -0.39 is 6.10 Å². The third-order valence-corrected chi connectivity index (χ3v) is 3.36. The van der Waals surface area contributed by atoms with Crippen LogP contribution in [0.4, 0.5) is 0 Å². The van der Waals surface area contributed by atoms with Crippen molar-refractivity contribution in [2.24, 2.45) is 5.92 Å². The molecule has 1 fully saturated rings. The summed E-state index contributed by atoms with van der Waals surface area (Å²) < 4.78 is 5.80. The van der Waals surface area contributed by atoms with E-state index in [1.54, 1.807) is 0 Å². The molecule has 1 saturated carbocycles. The van der Waals surface area contributed by atoms with Crippen LogP contribution < -0.4 is 4.74 Å². The number of hydrogen-bond acceptors (Lipinski definition) is 2. The highest BCUT2D eigenvalue weighted by Gasteiger charge is 2.19. The lowest BCUT2D eigenvalue weighted by atomic mass is 9.86. The third-order valence-electron chi connectivity index (χ3n) is 3.36. The van der Waals surface area contributed by atoms with Gasteiger partial charge in [-0.25, -0.2) is 0 Å². The third kappa shape index (κ3) is 2.56. The van der Waals surface area contributed by atoms with E-state index in [4.69, 9.17) is 4.74 Å². The minimum Gasteiger partial charge on any atom is -0.493 e. The Labute approximate surface area is 97.3 Å². The van der Waals surface area contributed by atoms with Crippen molar-refractivity contribution in [3.05, 3.63) is 29.8 Å². The second kappa shape index (κ2) is 5.35. The smallest absolute Gasteiger partial charge is 0.125 e. The summed E-state index contributed by atoms with van der Waals surface area (Å²) in [5, 5.41) is 9.87. The zero-order valence-corrected chi connectivity index (χ0v) is 9.86. The Morgan fingerprint density at radius 3 is 2.75 bits per heavy atom. The summed E-state index contributed by atoms with van der Waals surface area (Å²) in [5.74, 6) is 1.58. The first-order chi connectivity index (χ1) is 7.81. The molecule has 1 aromatic carbocycles. The molecule has 0 radical (unpaired) electrons. The molecule has 1 aromatic rings. The fourth-order valence-electron chi connectivity index (χ4n) is 1.97. The van der Waals surface area contributed by atoms with E-state index in [9.17, 15) is 5.11 Å². The van der Waals surface area contributed by atoms with Crippen molar-refractivity contribution in [1.82, 2.24) is 0 Å². The minimum atomic E-state index is -0.405. The van der Waals surface area contributed by atoms with Gasteiger partial charge in [0, 0.05) is 5.56 Å². The summed E-state index contributed by atoms with van der Waals surface area (Å²) in [7, 11) is 0. The van der Waals surface area contributed by atoms with Crippen molar-refractivity contribution < 1.29 is 9.84 Å². The highest BCUT2D eigenvalue weighted by Crippen LogP contribution is 2.30. The van der Waals surface area contributed by atoms with E-state index >= 15 is 0 Å². The number of para-hydroxylation sites is 1. The molecule has 2 rings (SSSR count). The van der Waals surface area contributed by atoms with Crippen molar-refractivity contribution in [2.75, 3.05) is 6.61 Å². The molecule has 1 atom stereocenters. The van der Waals surface area contributed by atoms with Crippen LogP contribution in [-0.4, -0.2) is 11.7 Å². The molecule has 0 saturated heterocycles. The number of benzene rings is 1. The quantitative estimate of drug-likeness (QED) is 0.825. The highest BCUT2D eigenvalue weighted by molar-refractivity contribution is 5.35. The zero-order valence-electron chi connectivity index (χ0n) is 9.86. The predicted octanol–water partition coefficient (Wildman–Crippen LogP) is 3.31. The topological polar surface area (TPSA) is 29.5 Å². The maximum absolute atomic E-state index is 9.87. The van der Waals surface area contributed by atoms with Gasteiger partial charge in [0.1, 0.15) is 5.75 Å². The van der Waals surface area contributed by atoms with E-state index in [2.05, 4.69) is 0 Å². The largest absolute Gasteiger partial charge is 0.493 e. The highest BCUT2D eigenvalue weighted by atomic mass is 16.5. The minimum absolute atomic E-state index is 0.405. The molecule has 0 unspecified atom stereocenters. The van der Waals surface area contributed by atoms with Gasteiger partial charge < -0.3 is 9.84 Å². The molecule has 0 spiro atoms. The lowest BCUT2D eigenvalue weighted by Gasteiger charge is -2.26. The molecular formula is C14H20O2. The van der Waals surface area contributed by atoms with Crippen molar-refractivity contribution in [1.29, 1.82) is 0 Å². The first kappa shape index (κ1) is 11.5. The molecule has 2 heteroatoms. The average Bonchev–Trinajstić information content (AvgIpc) is 2.26. The molecule has 2 nitrogen and oxygen atoms in total. The summed E-state index contributed by atoms with van der Waals surface area (Å²) in [4.78, 5) is 0. The molecule has 0 heterocycles. The molecule has 16 heavy (non-hydrogen) atoms. The Morgan fingerprint density at radius 2 is 2.12 bits per heavy atom. The second-order valence-electron chi connectivity index (χ2n) is 4.57. The molecule has 1 N–H and O–H groups in total. The molecule has 0 aromatic heterocycles. The van der Waals surface area contributed by atoms with E-state index in [0.717, 1.165) is 30.3 Å². The van der Waals surface area contributed by atoms with Crippen LogP contribution in [0, 0.1) is 5.92 Å². The number of ether oxygens (including phenoxy) is 1. The zero-order chi connectivity index (χ0) is 11.4. The van der Waals surface area contributed by atoms with Crippen molar-refractivity contribution in [2.45, 2.75) is 38.7 Å². The van der Waals surface area contributed by atoms with Gasteiger partial charge in [-0.15, -0.1) is 0 Å². The molecule has 0 bridgehead atoms. The van der Waals surface area contributed by atoms with Gasteiger partial charge in [0.2, 0.25) is 0 Å². The number of rotatable bonds is 5. The average molecular weight is 220 g/mol. The van der Waals surface area contributed by atoms with Crippen molar-refractivity contribution in [3.8, 4) is 5.75 Å². The lowest BCUT2D eigenvalue weighted by Crippen LogP contribution is -2.19. The molecule has 1 aliphatic carbocycles. The van der Waals surface area contributed by atoms with Gasteiger partial charge in [0.25, 0.3) is 0 Å². The second-order valence-corrected chi connectivity index (χ2v) is 4.57. The summed E-state index contributed by atoms with van der Waals surface area (Å²) in [6.07, 6.45) is 4.24. The molecule has 0 aliphatic heterocycles. The normalized spacial score (nSPS) is 17.9. The van der Waals surface area contributed by atoms with Crippen LogP contribution in [0.3, 0.4) is 0 Å². The summed E-state index contributed by atoms with van der Waals surface area (Å²) >= 11 is 0. The maximum Gasteiger partial charge on any atom is 0.125 e. The van der Waals surface area contributed by atoms with Gasteiger partial charge in [0.15, 0.2) is 0 Å². The summed E-state index contributed by atoms with van der Waals surface area (Å²) in [6.45, 7) is 2.78. The van der Waals surface area contributed by atoms with Gasteiger partial charge in [-0.05, 0) is 31.2 Å². The van der Waals surface area contributed by atoms with Crippen LogP contribution in [0.2, 0.25) is 0 Å². The molecule has 88 valence electrons. The van der Waals surface area contributed by atoms with Crippen LogP contribution in [0.5, 0.6) is 5.75 Å². The van der Waals surface area contributed by atoms with Gasteiger partial charge >= 0.3 is 0 Å². The van der Waals surface area contributed by atoms with Crippen LogP contribution in [0.1, 0.15) is 44.3 Å². The van der Waals surface area contributed by atoms with E-state index in [1.807, 2.05) is 31.2 Å². The predicted molar refractivity (Wildman–Crippen MR) is 64.5 cm³/mol. The first-order valence-corrected chi connectivity index (χ1v) is 6.21. The SMILES string of the molecule is CC[C@@H](O)c1ccccc1OCC1CCC1. The number of aliphatic hydroxyl groups excluding tert-OH is 1. The van der Waals surface area contributed by atoms with Crippen molar-refractivity contribution >= 4 is 0 Å². The Balaban J connectivity index is 2.00. The monoisotopic (exact) mass is 220 g/mol. The van der Waals surface area contributed by atoms with Crippen LogP contribution in [-0.2, 0) is 0 Å². The summed E-state index contributed by atoms with van der Waals surface area (Å²) in [6, 6.07) is 7.81. The van der Waals surface area contributed by atoms with Crippen LogP contribution in [0.15, 0.2) is 24.3 Å². The van der Waals surface area contributed by atoms with Gasteiger partial charge in [-0.1, -0.05) is 31.5 Å². The number of aliphatic hydroxyl groups is 1. The Bertz CT molecular complexity index is 331. The lowest BCUT2D eigenvalue weighted by molar-refractivity contribution is 0.153. The molecular weight excluding hydrogens is 200 g/mol. The first-order valence-electron chi connectivity index (χ1n) is 6.21. The van der Waals surface area contributed by atoms with Crippen LogP contribution in [0.25, 0.3) is 0 Å². The van der Waals surface area contributed by atoms with Gasteiger partial charge in [-0.2, -0.15) is 0 Å². The Morgan fingerprint density at radius 1 is 1.38 bits per heavy atom. The van der Waals surface area contributed by atoms with E-state index in [0.29, 0.717) is 0 Å². The molecule has 1 aliphatic rings. The van der Waals surface area contributed by atoms with E-state index in [-0.39, 0.29) is 0 Å². The fraction of sp³-hybridized carbons (Fsp3) is 0.571. The Hall–Kier alpha value is -1.02. The van der Waals surface area contributed by atoms with E-state index in [1.165, 1.54) is 19.3 Å². The van der Waals surface area contributed by atoms with Crippen LogP contribution >= 0.6 is 0 Å². The maximum atomic E-state index is 9.87. The Kier molecular flexibility index (Phi) is 3.83. The fourth-order valence-corrected chi connectivity index (χ4v) is 1.97. The summed E-state index contributed by atoms with van der Waals surface area (Å²) in [5.41, 5.74) is 0.921. The number of hydrogen-bond donors (Lipinski definition) is 1.